The Hall–Kier alpha value is -1.56. The first-order valence-corrected chi connectivity index (χ1v) is 6.13. The lowest BCUT2D eigenvalue weighted by atomic mass is 9.73. The van der Waals surface area contributed by atoms with Crippen LogP contribution in [-0.4, -0.2) is 28.8 Å². The summed E-state index contributed by atoms with van der Waals surface area (Å²) in [6.07, 6.45) is -0.298. The van der Waals surface area contributed by atoms with Crippen molar-refractivity contribution in [1.29, 1.82) is 0 Å². The number of carbonyl (C=O) groups is 2. The number of benzene rings is 1. The first kappa shape index (κ1) is 12.9. The van der Waals surface area contributed by atoms with E-state index >= 15 is 0 Å². The Balaban J connectivity index is 2.59. The summed E-state index contributed by atoms with van der Waals surface area (Å²) in [7, 11) is 0. The molecule has 1 heterocycles. The van der Waals surface area contributed by atoms with Crippen LogP contribution in [0.15, 0.2) is 22.7 Å². The van der Waals surface area contributed by atoms with Crippen molar-refractivity contribution in [2.45, 2.75) is 18.3 Å². The zero-order chi connectivity index (χ0) is 13.3. The minimum Gasteiger partial charge on any atom is -0.493 e. The van der Waals surface area contributed by atoms with Crippen molar-refractivity contribution in [2.24, 2.45) is 0 Å². The van der Waals surface area contributed by atoms with Crippen LogP contribution in [0.1, 0.15) is 18.4 Å². The highest BCUT2D eigenvalue weighted by Gasteiger charge is 2.46. The maximum absolute atomic E-state index is 11.6. The molecule has 6 heteroatoms. The van der Waals surface area contributed by atoms with Crippen molar-refractivity contribution in [3.8, 4) is 5.75 Å². The van der Waals surface area contributed by atoms with E-state index in [1.165, 1.54) is 0 Å². The fourth-order valence-electron chi connectivity index (χ4n) is 2.21. The zero-order valence-corrected chi connectivity index (χ0v) is 10.9. The van der Waals surface area contributed by atoms with Crippen LogP contribution in [0.2, 0.25) is 0 Å². The maximum atomic E-state index is 11.6. The smallest absolute Gasteiger partial charge is 0.314 e. The highest BCUT2D eigenvalue weighted by Crippen LogP contribution is 2.42. The van der Waals surface area contributed by atoms with E-state index in [1.54, 1.807) is 18.2 Å². The van der Waals surface area contributed by atoms with Crippen LogP contribution >= 0.6 is 15.9 Å². The quantitative estimate of drug-likeness (QED) is 0.891. The lowest BCUT2D eigenvalue weighted by Crippen LogP contribution is -2.42. The number of rotatable bonds is 3. The number of ether oxygens (including phenoxy) is 1. The SMILES string of the molecule is O=C(O)CC1(C(=O)O)CCOc2ccc(Br)cc21. The minimum atomic E-state index is -1.41. The molecule has 1 aliphatic rings. The van der Waals surface area contributed by atoms with Gasteiger partial charge in [-0.25, -0.2) is 0 Å². The van der Waals surface area contributed by atoms with Gasteiger partial charge in [-0.2, -0.15) is 0 Å². The molecule has 0 amide bonds. The lowest BCUT2D eigenvalue weighted by molar-refractivity contribution is -0.151. The van der Waals surface area contributed by atoms with Gasteiger partial charge in [0.2, 0.25) is 0 Å². The highest BCUT2D eigenvalue weighted by molar-refractivity contribution is 9.10. The molecule has 1 atom stereocenters. The molecule has 0 aliphatic carbocycles. The number of hydrogen-bond donors (Lipinski definition) is 2. The molecule has 0 spiro atoms. The van der Waals surface area contributed by atoms with Gasteiger partial charge in [-0.05, 0) is 18.2 Å². The Morgan fingerprint density at radius 1 is 1.39 bits per heavy atom. The first-order valence-electron chi connectivity index (χ1n) is 5.34. The largest absolute Gasteiger partial charge is 0.493 e. The fraction of sp³-hybridized carbons (Fsp3) is 0.333. The van der Waals surface area contributed by atoms with Gasteiger partial charge in [-0.3, -0.25) is 9.59 Å². The van der Waals surface area contributed by atoms with Gasteiger partial charge in [-0.1, -0.05) is 15.9 Å². The van der Waals surface area contributed by atoms with Gasteiger partial charge < -0.3 is 14.9 Å². The van der Waals surface area contributed by atoms with Crippen LogP contribution in [0, 0.1) is 0 Å². The second-order valence-electron chi connectivity index (χ2n) is 4.20. The summed E-state index contributed by atoms with van der Waals surface area (Å²) in [5, 5.41) is 18.4. The van der Waals surface area contributed by atoms with E-state index in [9.17, 15) is 14.7 Å². The van der Waals surface area contributed by atoms with Crippen LogP contribution in [0.5, 0.6) is 5.75 Å². The van der Waals surface area contributed by atoms with E-state index in [-0.39, 0.29) is 13.0 Å². The number of aliphatic carboxylic acids is 2. The molecule has 96 valence electrons. The molecule has 5 nitrogen and oxygen atoms in total. The van der Waals surface area contributed by atoms with Crippen LogP contribution in [0.4, 0.5) is 0 Å². The standard InChI is InChI=1S/C12H11BrO5/c13-7-1-2-9-8(5-7)12(11(16)17,3-4-18-9)6-10(14)15/h1-2,5H,3-4,6H2,(H,14,15)(H,16,17). The van der Waals surface area contributed by atoms with Gasteiger partial charge >= 0.3 is 11.9 Å². The van der Waals surface area contributed by atoms with E-state index in [1.807, 2.05) is 0 Å². The topological polar surface area (TPSA) is 83.8 Å². The van der Waals surface area contributed by atoms with Crippen LogP contribution in [0.25, 0.3) is 0 Å². The second-order valence-corrected chi connectivity index (χ2v) is 5.11. The van der Waals surface area contributed by atoms with Crippen LogP contribution in [-0.2, 0) is 15.0 Å². The first-order chi connectivity index (χ1) is 8.45. The molecule has 0 aromatic heterocycles. The molecular formula is C12H11BrO5. The predicted octanol–water partition coefficient (Wildman–Crippen LogP) is 2.03. The van der Waals surface area contributed by atoms with Gasteiger partial charge in [0.15, 0.2) is 0 Å². The average Bonchev–Trinajstić information content (AvgIpc) is 2.29. The zero-order valence-electron chi connectivity index (χ0n) is 9.35. The number of hydrogen-bond acceptors (Lipinski definition) is 3. The molecule has 2 rings (SSSR count). The Kier molecular flexibility index (Phi) is 3.30. The van der Waals surface area contributed by atoms with E-state index < -0.39 is 23.8 Å². The molecule has 1 unspecified atom stereocenters. The fourth-order valence-corrected chi connectivity index (χ4v) is 2.57. The van der Waals surface area contributed by atoms with Crippen molar-refractivity contribution in [1.82, 2.24) is 0 Å². The van der Waals surface area contributed by atoms with Crippen molar-refractivity contribution in [2.75, 3.05) is 6.61 Å². The van der Waals surface area contributed by atoms with Gasteiger partial charge in [0, 0.05) is 16.5 Å². The molecule has 1 aliphatic heterocycles. The van der Waals surface area contributed by atoms with E-state index in [0.717, 1.165) is 0 Å². The number of halogens is 1. The maximum Gasteiger partial charge on any atom is 0.314 e. The summed E-state index contributed by atoms with van der Waals surface area (Å²) >= 11 is 3.26. The van der Waals surface area contributed by atoms with Gasteiger partial charge in [0.1, 0.15) is 11.2 Å². The molecule has 0 saturated heterocycles. The molecule has 0 bridgehead atoms. The van der Waals surface area contributed by atoms with Gasteiger partial charge in [0.05, 0.1) is 13.0 Å². The normalized spacial score (nSPS) is 21.8. The summed E-state index contributed by atoms with van der Waals surface area (Å²) in [6.45, 7) is 0.203. The highest BCUT2D eigenvalue weighted by atomic mass is 79.9. The van der Waals surface area contributed by atoms with Crippen LogP contribution < -0.4 is 4.74 Å². The van der Waals surface area contributed by atoms with E-state index in [2.05, 4.69) is 15.9 Å². The van der Waals surface area contributed by atoms with Crippen molar-refractivity contribution >= 4 is 27.9 Å². The Bertz CT molecular complexity index is 513. The number of carboxylic acid groups (broad SMARTS) is 2. The Labute approximate surface area is 112 Å². The molecular weight excluding hydrogens is 304 g/mol. The van der Waals surface area contributed by atoms with Crippen molar-refractivity contribution in [3.63, 3.8) is 0 Å². The summed E-state index contributed by atoms with van der Waals surface area (Å²) < 4.78 is 6.09. The third kappa shape index (κ3) is 2.08. The third-order valence-electron chi connectivity index (χ3n) is 3.11. The average molecular weight is 315 g/mol. The van der Waals surface area contributed by atoms with E-state index in [0.29, 0.717) is 15.8 Å². The molecule has 1 aromatic carbocycles. The molecule has 0 saturated carbocycles. The monoisotopic (exact) mass is 314 g/mol. The van der Waals surface area contributed by atoms with Crippen molar-refractivity contribution in [3.05, 3.63) is 28.2 Å². The number of fused-ring (bicyclic) bond motifs is 1. The predicted molar refractivity (Wildman–Crippen MR) is 65.8 cm³/mol. The Morgan fingerprint density at radius 2 is 2.11 bits per heavy atom. The number of carboxylic acids is 2. The summed E-state index contributed by atoms with van der Waals surface area (Å²) in [5.41, 5.74) is -0.999. The summed E-state index contributed by atoms with van der Waals surface area (Å²) in [5.74, 6) is -1.83. The third-order valence-corrected chi connectivity index (χ3v) is 3.60. The molecule has 18 heavy (non-hydrogen) atoms. The summed E-state index contributed by atoms with van der Waals surface area (Å²) in [6, 6.07) is 5.00. The van der Waals surface area contributed by atoms with Crippen molar-refractivity contribution < 1.29 is 24.5 Å². The lowest BCUT2D eigenvalue weighted by Gasteiger charge is -2.34. The minimum absolute atomic E-state index is 0.151. The van der Waals surface area contributed by atoms with Gasteiger partial charge in [-0.15, -0.1) is 0 Å². The molecule has 0 fully saturated rings. The van der Waals surface area contributed by atoms with Crippen LogP contribution in [0.3, 0.4) is 0 Å². The summed E-state index contributed by atoms with van der Waals surface area (Å²) in [4.78, 5) is 22.5. The molecule has 2 N–H and O–H groups in total. The molecule has 0 radical (unpaired) electrons. The van der Waals surface area contributed by atoms with E-state index in [4.69, 9.17) is 9.84 Å². The Morgan fingerprint density at radius 3 is 2.72 bits per heavy atom. The van der Waals surface area contributed by atoms with Gasteiger partial charge in [0.25, 0.3) is 0 Å². The second kappa shape index (κ2) is 4.61. The molecule has 1 aromatic rings.